The Labute approximate surface area is 181 Å². The second kappa shape index (κ2) is 8.01. The van der Waals surface area contributed by atoms with Crippen LogP contribution in [0.15, 0.2) is 65.9 Å². The molecule has 2 amide bonds. The monoisotopic (exact) mass is 441 g/mol. The van der Waals surface area contributed by atoms with E-state index >= 15 is 0 Å². The maximum Gasteiger partial charge on any atom is 0.406 e. The number of hydrazine groups is 1. The van der Waals surface area contributed by atoms with Gasteiger partial charge in [-0.1, -0.05) is 30.3 Å². The molecule has 0 aliphatic carbocycles. The lowest BCUT2D eigenvalue weighted by molar-refractivity contribution is -0.161. The van der Waals surface area contributed by atoms with Crippen molar-refractivity contribution >= 4 is 17.5 Å². The molecule has 1 fully saturated rings. The summed E-state index contributed by atoms with van der Waals surface area (Å²) in [5.74, 6) is -2.74. The summed E-state index contributed by atoms with van der Waals surface area (Å²) >= 11 is 0. The lowest BCUT2D eigenvalue weighted by Crippen LogP contribution is -2.56. The summed E-state index contributed by atoms with van der Waals surface area (Å²) in [5, 5.41) is 15.2. The first kappa shape index (κ1) is 21.4. The Bertz CT molecular complexity index is 1120. The summed E-state index contributed by atoms with van der Waals surface area (Å²) < 4.78 is 41.5. The number of carbonyl (C=O) groups is 2. The van der Waals surface area contributed by atoms with Crippen molar-refractivity contribution < 1.29 is 22.8 Å². The van der Waals surface area contributed by atoms with E-state index in [-0.39, 0.29) is 11.3 Å². The molecule has 3 unspecified atom stereocenters. The third-order valence-electron chi connectivity index (χ3n) is 5.46. The van der Waals surface area contributed by atoms with Crippen molar-refractivity contribution in [3.8, 4) is 6.07 Å². The molecule has 1 saturated heterocycles. The van der Waals surface area contributed by atoms with Crippen molar-refractivity contribution in [3.63, 3.8) is 0 Å². The molecule has 2 aliphatic rings. The van der Waals surface area contributed by atoms with Gasteiger partial charge in [-0.05, 0) is 36.8 Å². The molecule has 0 saturated carbocycles. The van der Waals surface area contributed by atoms with Gasteiger partial charge >= 0.3 is 6.18 Å². The molecule has 7 nitrogen and oxygen atoms in total. The number of nitriles is 1. The summed E-state index contributed by atoms with van der Waals surface area (Å²) in [4.78, 5) is 25.9. The zero-order valence-electron chi connectivity index (χ0n) is 16.8. The minimum Gasteiger partial charge on any atom is -0.366 e. The Kier molecular flexibility index (Phi) is 5.36. The number of alkyl halides is 3. The largest absolute Gasteiger partial charge is 0.406 e. The van der Waals surface area contributed by atoms with Gasteiger partial charge in [0, 0.05) is 11.4 Å². The number of nitrogens with one attached hydrogen (secondary N) is 3. The normalized spacial score (nSPS) is 22.8. The zero-order chi connectivity index (χ0) is 23.0. The highest BCUT2D eigenvalue weighted by Gasteiger charge is 2.58. The highest BCUT2D eigenvalue weighted by Crippen LogP contribution is 2.41. The highest BCUT2D eigenvalue weighted by molar-refractivity contribution is 6.23. The van der Waals surface area contributed by atoms with Gasteiger partial charge in [-0.2, -0.15) is 18.4 Å². The SMILES string of the molecule is CC1=C(C(=O)Nc2ccc(C#N)cc2)C(=O)N2NC(C(F)(F)F)C(c3ccccc3)C2N1. The van der Waals surface area contributed by atoms with Crippen molar-refractivity contribution in [2.75, 3.05) is 5.32 Å². The molecule has 0 radical (unpaired) electrons. The standard InChI is InChI=1S/C22H18F3N5O2/c1-12-16(20(31)28-15-9-7-13(11-26)8-10-15)21(32)30-19(27-12)17(14-5-3-2-4-6-14)18(29-30)22(23,24)25/h2-10,17-19,27,29H,1H3,(H,28,31). The molecule has 2 heterocycles. The predicted octanol–water partition coefficient (Wildman–Crippen LogP) is 2.76. The smallest absolute Gasteiger partial charge is 0.366 e. The number of nitrogens with zero attached hydrogens (tertiary/aromatic N) is 2. The second-order valence-electron chi connectivity index (χ2n) is 7.49. The summed E-state index contributed by atoms with van der Waals surface area (Å²) in [6.45, 7) is 1.48. The van der Waals surface area contributed by atoms with Gasteiger partial charge in [0.25, 0.3) is 11.8 Å². The second-order valence-corrected chi connectivity index (χ2v) is 7.49. The van der Waals surface area contributed by atoms with Crippen LogP contribution in [0, 0.1) is 11.3 Å². The fourth-order valence-corrected chi connectivity index (χ4v) is 3.98. The van der Waals surface area contributed by atoms with E-state index in [1.165, 1.54) is 31.2 Å². The van der Waals surface area contributed by atoms with Gasteiger partial charge in [-0.25, -0.2) is 10.4 Å². The molecule has 2 aromatic carbocycles. The van der Waals surface area contributed by atoms with E-state index in [2.05, 4.69) is 16.1 Å². The van der Waals surface area contributed by atoms with Crippen LogP contribution >= 0.6 is 0 Å². The number of rotatable bonds is 3. The van der Waals surface area contributed by atoms with Crippen molar-refractivity contribution in [2.45, 2.75) is 31.2 Å². The van der Waals surface area contributed by atoms with Crippen LogP contribution in [0.4, 0.5) is 18.9 Å². The molecule has 0 aromatic heterocycles. The molecule has 164 valence electrons. The molecular weight excluding hydrogens is 423 g/mol. The van der Waals surface area contributed by atoms with Gasteiger partial charge in [-0.15, -0.1) is 0 Å². The minimum atomic E-state index is -4.63. The topological polar surface area (TPSA) is 97.3 Å². The molecule has 2 aromatic rings. The lowest BCUT2D eigenvalue weighted by Gasteiger charge is -2.34. The molecule has 2 aliphatic heterocycles. The average molecular weight is 441 g/mol. The molecular formula is C22H18F3N5O2. The van der Waals surface area contributed by atoms with Crippen LogP contribution in [0.1, 0.15) is 24.0 Å². The molecule has 32 heavy (non-hydrogen) atoms. The third kappa shape index (κ3) is 3.78. The zero-order valence-corrected chi connectivity index (χ0v) is 16.8. The van der Waals surface area contributed by atoms with E-state index in [4.69, 9.17) is 5.26 Å². The third-order valence-corrected chi connectivity index (χ3v) is 5.46. The van der Waals surface area contributed by atoms with Gasteiger partial charge in [0.2, 0.25) is 0 Å². The Morgan fingerprint density at radius 3 is 2.38 bits per heavy atom. The number of hydrogen-bond acceptors (Lipinski definition) is 5. The summed E-state index contributed by atoms with van der Waals surface area (Å²) in [6.07, 6.45) is -5.65. The maximum absolute atomic E-state index is 13.8. The van der Waals surface area contributed by atoms with Crippen LogP contribution in [0.2, 0.25) is 0 Å². The fourth-order valence-electron chi connectivity index (χ4n) is 3.98. The molecule has 4 rings (SSSR count). The van der Waals surface area contributed by atoms with Gasteiger partial charge < -0.3 is 10.6 Å². The first-order chi connectivity index (χ1) is 15.2. The molecule has 10 heteroatoms. The number of anilines is 1. The number of benzene rings is 2. The minimum absolute atomic E-state index is 0.174. The number of hydrogen-bond donors (Lipinski definition) is 3. The number of allylic oxidation sites excluding steroid dienone is 1. The molecule has 3 atom stereocenters. The van der Waals surface area contributed by atoms with Crippen molar-refractivity contribution in [1.82, 2.24) is 15.8 Å². The lowest BCUT2D eigenvalue weighted by atomic mass is 9.89. The van der Waals surface area contributed by atoms with Crippen LogP contribution in [0.3, 0.4) is 0 Å². The Hall–Kier alpha value is -3.84. The van der Waals surface area contributed by atoms with E-state index < -0.39 is 36.1 Å². The van der Waals surface area contributed by atoms with Crippen LogP contribution < -0.4 is 16.1 Å². The van der Waals surface area contributed by atoms with Crippen molar-refractivity contribution in [2.24, 2.45) is 0 Å². The number of halogens is 3. The Balaban J connectivity index is 1.64. The summed E-state index contributed by atoms with van der Waals surface area (Å²) in [5.41, 5.74) is 3.28. The highest BCUT2D eigenvalue weighted by atomic mass is 19.4. The fraction of sp³-hybridized carbons (Fsp3) is 0.227. The molecule has 0 bridgehead atoms. The first-order valence-corrected chi connectivity index (χ1v) is 9.71. The van der Waals surface area contributed by atoms with E-state index in [1.54, 1.807) is 30.3 Å². The van der Waals surface area contributed by atoms with Crippen LogP contribution in [-0.2, 0) is 9.59 Å². The van der Waals surface area contributed by atoms with Crippen LogP contribution in [-0.4, -0.2) is 35.2 Å². The first-order valence-electron chi connectivity index (χ1n) is 9.71. The van der Waals surface area contributed by atoms with Crippen LogP contribution in [0.5, 0.6) is 0 Å². The predicted molar refractivity (Wildman–Crippen MR) is 108 cm³/mol. The van der Waals surface area contributed by atoms with Gasteiger partial charge in [0.1, 0.15) is 17.8 Å². The van der Waals surface area contributed by atoms with Crippen LogP contribution in [0.25, 0.3) is 0 Å². The van der Waals surface area contributed by atoms with Crippen molar-refractivity contribution in [3.05, 3.63) is 77.0 Å². The van der Waals surface area contributed by atoms with E-state index in [0.717, 1.165) is 5.01 Å². The van der Waals surface area contributed by atoms with Crippen molar-refractivity contribution in [1.29, 1.82) is 5.26 Å². The Morgan fingerprint density at radius 2 is 1.78 bits per heavy atom. The number of fused-ring (bicyclic) bond motifs is 1. The van der Waals surface area contributed by atoms with E-state index in [1.807, 2.05) is 6.07 Å². The molecule has 0 spiro atoms. The van der Waals surface area contributed by atoms with E-state index in [0.29, 0.717) is 16.8 Å². The molecule has 3 N–H and O–H groups in total. The average Bonchev–Trinajstić information content (AvgIpc) is 3.15. The summed E-state index contributed by atoms with van der Waals surface area (Å²) in [7, 11) is 0. The maximum atomic E-state index is 13.8. The Morgan fingerprint density at radius 1 is 1.12 bits per heavy atom. The number of carbonyl (C=O) groups excluding carboxylic acids is 2. The van der Waals surface area contributed by atoms with Gasteiger partial charge in [-0.3, -0.25) is 9.59 Å². The van der Waals surface area contributed by atoms with E-state index in [9.17, 15) is 22.8 Å². The summed E-state index contributed by atoms with van der Waals surface area (Å²) in [6, 6.07) is 14.0. The number of amides is 2. The van der Waals surface area contributed by atoms with Gasteiger partial charge in [0.05, 0.1) is 17.6 Å². The quantitative estimate of drug-likeness (QED) is 0.637. The van der Waals surface area contributed by atoms with Gasteiger partial charge in [0.15, 0.2) is 0 Å².